The van der Waals surface area contributed by atoms with Crippen LogP contribution in [0.15, 0.2) is 16.9 Å². The molecule has 1 rings (SSSR count). The predicted octanol–water partition coefficient (Wildman–Crippen LogP) is 1.86. The van der Waals surface area contributed by atoms with Crippen LogP contribution in [0.1, 0.15) is 12.5 Å². The molecule has 0 radical (unpaired) electrons. The third-order valence-electron chi connectivity index (χ3n) is 1.81. The summed E-state index contributed by atoms with van der Waals surface area (Å²) in [5.74, 6) is -0.502. The fourth-order valence-corrected chi connectivity index (χ4v) is 1.60. The van der Waals surface area contributed by atoms with Crippen molar-refractivity contribution in [2.24, 2.45) is 0 Å². The second-order valence-electron chi connectivity index (χ2n) is 2.86. The highest BCUT2D eigenvalue weighted by Crippen LogP contribution is 2.25. The predicted molar refractivity (Wildman–Crippen MR) is 58.9 cm³/mol. The van der Waals surface area contributed by atoms with Crippen molar-refractivity contribution in [1.82, 2.24) is 4.98 Å². The summed E-state index contributed by atoms with van der Waals surface area (Å²) in [6, 6.07) is 0. The average molecular weight is 289 g/mol. The van der Waals surface area contributed by atoms with E-state index in [0.717, 1.165) is 6.20 Å². The molecule has 0 saturated carbocycles. The second-order valence-corrected chi connectivity index (χ2v) is 3.71. The SMILES string of the molecule is CCOC(=O)Cc1c(Br)cncc1[N+](=O)[O-]. The Morgan fingerprint density at radius 2 is 2.31 bits per heavy atom. The number of carbonyl (C=O) groups excluding carboxylic acids is 1. The number of ether oxygens (including phenoxy) is 1. The summed E-state index contributed by atoms with van der Waals surface area (Å²) in [6.45, 7) is 1.92. The van der Waals surface area contributed by atoms with Crippen molar-refractivity contribution >= 4 is 27.6 Å². The molecule has 1 aromatic heterocycles. The fourth-order valence-electron chi connectivity index (χ4n) is 1.14. The third kappa shape index (κ3) is 2.99. The molecule has 16 heavy (non-hydrogen) atoms. The molecular weight excluding hydrogens is 280 g/mol. The molecule has 0 aliphatic rings. The number of hydrogen-bond acceptors (Lipinski definition) is 5. The Bertz CT molecular complexity index is 422. The molecule has 0 aliphatic carbocycles. The lowest BCUT2D eigenvalue weighted by Gasteiger charge is -2.04. The zero-order chi connectivity index (χ0) is 12.1. The first-order valence-electron chi connectivity index (χ1n) is 4.48. The van der Waals surface area contributed by atoms with Crippen LogP contribution in [-0.4, -0.2) is 22.5 Å². The zero-order valence-electron chi connectivity index (χ0n) is 8.47. The lowest BCUT2D eigenvalue weighted by Crippen LogP contribution is -2.10. The zero-order valence-corrected chi connectivity index (χ0v) is 10.1. The Hall–Kier alpha value is -1.50. The van der Waals surface area contributed by atoms with Gasteiger partial charge >= 0.3 is 5.97 Å². The number of esters is 1. The highest BCUT2D eigenvalue weighted by Gasteiger charge is 2.20. The van der Waals surface area contributed by atoms with Gasteiger partial charge in [-0.3, -0.25) is 19.9 Å². The van der Waals surface area contributed by atoms with Crippen LogP contribution in [0.4, 0.5) is 5.69 Å². The molecule has 0 saturated heterocycles. The topological polar surface area (TPSA) is 82.3 Å². The van der Waals surface area contributed by atoms with Gasteiger partial charge in [-0.2, -0.15) is 0 Å². The molecule has 0 spiro atoms. The van der Waals surface area contributed by atoms with Crippen molar-refractivity contribution in [2.45, 2.75) is 13.3 Å². The lowest BCUT2D eigenvalue weighted by molar-refractivity contribution is -0.385. The first-order chi connectivity index (χ1) is 7.56. The van der Waals surface area contributed by atoms with Crippen LogP contribution in [-0.2, 0) is 16.0 Å². The van der Waals surface area contributed by atoms with Gasteiger partial charge in [-0.15, -0.1) is 0 Å². The number of hydrogen-bond donors (Lipinski definition) is 0. The maximum absolute atomic E-state index is 11.3. The van der Waals surface area contributed by atoms with Gasteiger partial charge < -0.3 is 4.74 Å². The van der Waals surface area contributed by atoms with E-state index in [-0.39, 0.29) is 24.3 Å². The Morgan fingerprint density at radius 1 is 1.62 bits per heavy atom. The number of nitro groups is 1. The summed E-state index contributed by atoms with van der Waals surface area (Å²) in [5, 5.41) is 10.7. The van der Waals surface area contributed by atoms with Gasteiger partial charge in [-0.25, -0.2) is 0 Å². The van der Waals surface area contributed by atoms with Crippen LogP contribution in [0, 0.1) is 10.1 Å². The van der Waals surface area contributed by atoms with Crippen molar-refractivity contribution < 1.29 is 14.5 Å². The van der Waals surface area contributed by atoms with Crippen molar-refractivity contribution in [3.8, 4) is 0 Å². The van der Waals surface area contributed by atoms with Crippen LogP contribution in [0.25, 0.3) is 0 Å². The minimum atomic E-state index is -0.577. The standard InChI is InChI=1S/C9H9BrN2O4/c1-2-16-9(13)3-6-7(10)4-11-5-8(6)12(14)15/h4-5H,2-3H2,1H3. The normalized spacial score (nSPS) is 9.88. The molecule has 0 N–H and O–H groups in total. The summed E-state index contributed by atoms with van der Waals surface area (Å²) in [5.41, 5.74) is 0.0841. The lowest BCUT2D eigenvalue weighted by atomic mass is 10.1. The monoisotopic (exact) mass is 288 g/mol. The van der Waals surface area contributed by atoms with E-state index in [0.29, 0.717) is 4.47 Å². The molecule has 0 amide bonds. The molecular formula is C9H9BrN2O4. The molecule has 7 heteroatoms. The number of pyridine rings is 1. The maximum Gasteiger partial charge on any atom is 0.310 e. The van der Waals surface area contributed by atoms with Gasteiger partial charge in [0.05, 0.1) is 23.5 Å². The Morgan fingerprint density at radius 3 is 2.88 bits per heavy atom. The van der Waals surface area contributed by atoms with E-state index in [4.69, 9.17) is 4.74 Å². The minimum absolute atomic E-state index is 0.146. The van der Waals surface area contributed by atoms with Crippen molar-refractivity contribution in [1.29, 1.82) is 0 Å². The molecule has 0 bridgehead atoms. The number of carbonyl (C=O) groups is 1. The number of halogens is 1. The molecule has 1 aromatic rings. The van der Waals surface area contributed by atoms with E-state index in [2.05, 4.69) is 20.9 Å². The number of nitrogens with zero attached hydrogens (tertiary/aromatic N) is 2. The van der Waals surface area contributed by atoms with Gasteiger partial charge in [0.2, 0.25) is 0 Å². The van der Waals surface area contributed by atoms with Crippen molar-refractivity contribution in [2.75, 3.05) is 6.61 Å². The quantitative estimate of drug-likeness (QED) is 0.480. The summed E-state index contributed by atoms with van der Waals surface area (Å²) in [7, 11) is 0. The largest absolute Gasteiger partial charge is 0.466 e. The van der Waals surface area contributed by atoms with Crippen LogP contribution in [0.5, 0.6) is 0 Å². The van der Waals surface area contributed by atoms with Gasteiger partial charge in [0, 0.05) is 10.7 Å². The highest BCUT2D eigenvalue weighted by molar-refractivity contribution is 9.10. The van der Waals surface area contributed by atoms with E-state index < -0.39 is 10.9 Å². The molecule has 0 aliphatic heterocycles. The minimum Gasteiger partial charge on any atom is -0.466 e. The van der Waals surface area contributed by atoms with Gasteiger partial charge in [0.1, 0.15) is 6.20 Å². The van der Waals surface area contributed by atoms with E-state index >= 15 is 0 Å². The summed E-state index contributed by atoms with van der Waals surface area (Å²) in [4.78, 5) is 25.1. The van der Waals surface area contributed by atoms with E-state index in [9.17, 15) is 14.9 Å². The Kier molecular flexibility index (Phi) is 4.36. The molecule has 0 aromatic carbocycles. The van der Waals surface area contributed by atoms with E-state index in [1.807, 2.05) is 0 Å². The van der Waals surface area contributed by atoms with Crippen LogP contribution in [0.2, 0.25) is 0 Å². The highest BCUT2D eigenvalue weighted by atomic mass is 79.9. The second kappa shape index (κ2) is 5.55. The third-order valence-corrected chi connectivity index (χ3v) is 2.49. The van der Waals surface area contributed by atoms with Gasteiger partial charge in [-0.1, -0.05) is 0 Å². The number of aromatic nitrogens is 1. The van der Waals surface area contributed by atoms with E-state index in [1.54, 1.807) is 6.92 Å². The van der Waals surface area contributed by atoms with Gasteiger partial charge in [0.15, 0.2) is 0 Å². The smallest absolute Gasteiger partial charge is 0.310 e. The Balaban J connectivity index is 3.01. The van der Waals surface area contributed by atoms with Crippen LogP contribution in [0.3, 0.4) is 0 Å². The molecule has 0 atom stereocenters. The van der Waals surface area contributed by atoms with E-state index in [1.165, 1.54) is 6.20 Å². The molecule has 86 valence electrons. The Labute approximate surface area is 99.9 Å². The molecule has 0 unspecified atom stereocenters. The molecule has 1 heterocycles. The van der Waals surface area contributed by atoms with Crippen LogP contribution < -0.4 is 0 Å². The summed E-state index contributed by atoms with van der Waals surface area (Å²) >= 11 is 3.12. The summed E-state index contributed by atoms with van der Waals surface area (Å²) < 4.78 is 5.16. The average Bonchev–Trinajstić information content (AvgIpc) is 2.21. The van der Waals surface area contributed by atoms with Crippen molar-refractivity contribution in [3.63, 3.8) is 0 Å². The maximum atomic E-state index is 11.3. The van der Waals surface area contributed by atoms with Gasteiger partial charge in [-0.05, 0) is 22.9 Å². The van der Waals surface area contributed by atoms with Crippen LogP contribution >= 0.6 is 15.9 Å². The first-order valence-corrected chi connectivity index (χ1v) is 5.28. The first kappa shape index (κ1) is 12.6. The molecule has 0 fully saturated rings. The number of rotatable bonds is 4. The van der Waals surface area contributed by atoms with Crippen molar-refractivity contribution in [3.05, 3.63) is 32.5 Å². The van der Waals surface area contributed by atoms with Gasteiger partial charge in [0.25, 0.3) is 5.69 Å². The summed E-state index contributed by atoms with van der Waals surface area (Å²) in [6.07, 6.45) is 2.37. The fraction of sp³-hybridized carbons (Fsp3) is 0.333. The molecule has 6 nitrogen and oxygen atoms in total.